The Morgan fingerprint density at radius 1 is 0.232 bits per heavy atom. The molecular weight excluding hydrogens is 989 g/mol. The maximum absolute atomic E-state index is 2.54. The van der Waals surface area contributed by atoms with Crippen molar-refractivity contribution in [2.75, 3.05) is 23.9 Å². The number of para-hydroxylation sites is 4. The van der Waals surface area contributed by atoms with E-state index >= 15 is 0 Å². The Hall–Kier alpha value is -10.3. The Balaban J connectivity index is 1.04. The molecule has 2 heteroatoms. The monoisotopic (exact) mass is 1040 g/mol. The summed E-state index contributed by atoms with van der Waals surface area (Å²) in [5.74, 6) is 0. The van der Waals surface area contributed by atoms with E-state index in [1.807, 2.05) is 0 Å². The van der Waals surface area contributed by atoms with E-state index in [1.165, 1.54) is 144 Å². The molecule has 2 aliphatic heterocycles. The first kappa shape index (κ1) is 47.7. The van der Waals surface area contributed by atoms with Crippen LogP contribution in [0.2, 0.25) is 0 Å². The van der Waals surface area contributed by atoms with Crippen LogP contribution in [-0.2, 0) is 10.8 Å². The van der Waals surface area contributed by atoms with Crippen molar-refractivity contribution >= 4 is 65.8 Å². The molecule has 0 unspecified atom stereocenters. The predicted molar refractivity (Wildman–Crippen MR) is 346 cm³/mol. The quantitative estimate of drug-likeness (QED) is 0.116. The molecule has 82 heavy (non-hydrogen) atoms. The van der Waals surface area contributed by atoms with Crippen molar-refractivity contribution in [3.63, 3.8) is 0 Å². The van der Waals surface area contributed by atoms with Crippen LogP contribution < -0.4 is 9.80 Å². The maximum atomic E-state index is 2.54. The van der Waals surface area contributed by atoms with Crippen molar-refractivity contribution in [3.8, 4) is 33.4 Å². The van der Waals surface area contributed by atoms with Crippen LogP contribution in [0, 0.1) is 0 Å². The largest absolute Gasteiger partial charge is 0.344 e. The third-order valence-corrected chi connectivity index (χ3v) is 18.4. The standard InChI is InChI=1S/C80H56N2/c1-81-74-49-21-19-45-70(74)79(54-28-7-3-8-29-54,55-30-9-4-10-31-55)72-47-25-43-65(77(72)81)61-39-23-41-63-67(61)52-68-62(40-24-42-64(68)76(63)69-51-53-27-15-16-36-58(53)59-37-17-18-38-60(59)69)66-44-26-48-73-78(66)82(2)75-50-22-20-46-71(75)80(73,56-32-11-5-12-33-56)57-34-13-6-14-35-57/h3-52H,1-2H3. The second-order valence-corrected chi connectivity index (χ2v) is 22.3. The smallest absolute Gasteiger partial charge is 0.0742 e. The predicted octanol–water partition coefficient (Wildman–Crippen LogP) is 20.2. The lowest BCUT2D eigenvalue weighted by Gasteiger charge is -2.46. The van der Waals surface area contributed by atoms with Gasteiger partial charge in [0.15, 0.2) is 0 Å². The van der Waals surface area contributed by atoms with Gasteiger partial charge in [0.05, 0.1) is 22.2 Å². The third-order valence-electron chi connectivity index (χ3n) is 18.4. The first-order chi connectivity index (χ1) is 40.6. The van der Waals surface area contributed by atoms with Gasteiger partial charge in [0.1, 0.15) is 0 Å². The number of benzene rings is 14. The normalized spacial score (nSPS) is 13.9. The Morgan fingerprint density at radius 2 is 0.573 bits per heavy atom. The van der Waals surface area contributed by atoms with E-state index in [2.05, 4.69) is 327 Å². The highest BCUT2D eigenvalue weighted by Crippen LogP contribution is 2.60. The summed E-state index contributed by atoms with van der Waals surface area (Å²) >= 11 is 0. The summed E-state index contributed by atoms with van der Waals surface area (Å²) in [6, 6.07) is 114. The van der Waals surface area contributed by atoms with Crippen LogP contribution in [0.1, 0.15) is 44.5 Å². The molecule has 0 spiro atoms. The fourth-order valence-corrected chi connectivity index (χ4v) is 15.1. The summed E-state index contributed by atoms with van der Waals surface area (Å²) in [6.45, 7) is 0. The van der Waals surface area contributed by atoms with Gasteiger partial charge < -0.3 is 9.80 Å². The molecule has 2 aliphatic rings. The molecule has 0 N–H and O–H groups in total. The molecule has 0 aliphatic carbocycles. The SMILES string of the molecule is CN1c2ccccc2C(c2ccccc2)(c2ccccc2)c2cccc(-c3cccc4c(-c5cc6ccccc6c6ccccc56)c5cccc(-c6cccc7c6N(C)c6ccccc6C7(c6ccccc6)c6ccccc6)c5cc34)c21. The van der Waals surface area contributed by atoms with Crippen LogP contribution in [0.15, 0.2) is 303 Å². The molecule has 2 nitrogen and oxygen atoms in total. The topological polar surface area (TPSA) is 6.48 Å². The second-order valence-electron chi connectivity index (χ2n) is 22.3. The summed E-state index contributed by atoms with van der Waals surface area (Å²) in [6.07, 6.45) is 0. The average Bonchev–Trinajstić information content (AvgIpc) is 2.93. The van der Waals surface area contributed by atoms with Gasteiger partial charge in [0.25, 0.3) is 0 Å². The van der Waals surface area contributed by atoms with Gasteiger partial charge in [0, 0.05) is 36.6 Å². The molecule has 14 aromatic rings. The maximum Gasteiger partial charge on any atom is 0.0742 e. The molecule has 14 aromatic carbocycles. The molecule has 0 radical (unpaired) electrons. The van der Waals surface area contributed by atoms with Crippen molar-refractivity contribution in [3.05, 3.63) is 348 Å². The van der Waals surface area contributed by atoms with Crippen molar-refractivity contribution in [2.24, 2.45) is 0 Å². The molecule has 0 saturated carbocycles. The highest BCUT2D eigenvalue weighted by atomic mass is 15.1. The Bertz CT molecular complexity index is 4510. The molecule has 0 atom stereocenters. The molecule has 16 rings (SSSR count). The summed E-state index contributed by atoms with van der Waals surface area (Å²) in [5.41, 5.74) is 20.7. The lowest BCUT2D eigenvalue weighted by atomic mass is 9.62. The van der Waals surface area contributed by atoms with Crippen LogP contribution in [-0.4, -0.2) is 14.1 Å². The summed E-state index contributed by atoms with van der Waals surface area (Å²) in [4.78, 5) is 4.92. The molecule has 2 heterocycles. The van der Waals surface area contributed by atoms with Gasteiger partial charge in [-0.15, -0.1) is 0 Å². The van der Waals surface area contributed by atoms with Gasteiger partial charge in [-0.3, -0.25) is 0 Å². The molecule has 386 valence electrons. The van der Waals surface area contributed by atoms with Crippen molar-refractivity contribution in [1.82, 2.24) is 0 Å². The minimum atomic E-state index is -0.609. The van der Waals surface area contributed by atoms with Crippen molar-refractivity contribution in [1.29, 1.82) is 0 Å². The van der Waals surface area contributed by atoms with Crippen LogP contribution in [0.5, 0.6) is 0 Å². The van der Waals surface area contributed by atoms with E-state index < -0.39 is 10.8 Å². The zero-order valence-electron chi connectivity index (χ0n) is 45.8. The number of fused-ring (bicyclic) bond motifs is 9. The van der Waals surface area contributed by atoms with Gasteiger partial charge in [0.2, 0.25) is 0 Å². The molecular formula is C80H56N2. The van der Waals surface area contributed by atoms with Gasteiger partial charge in [-0.05, 0) is 134 Å². The van der Waals surface area contributed by atoms with Gasteiger partial charge in [-0.1, -0.05) is 279 Å². The number of hydrogen-bond acceptors (Lipinski definition) is 2. The third kappa shape index (κ3) is 6.70. The highest BCUT2D eigenvalue weighted by molar-refractivity contribution is 6.25. The lowest BCUT2D eigenvalue weighted by molar-refractivity contribution is 0.728. The fourth-order valence-electron chi connectivity index (χ4n) is 15.1. The van der Waals surface area contributed by atoms with E-state index in [9.17, 15) is 0 Å². The molecule has 0 saturated heterocycles. The Kier molecular flexibility index (Phi) is 10.9. The first-order valence-electron chi connectivity index (χ1n) is 28.6. The zero-order chi connectivity index (χ0) is 54.5. The van der Waals surface area contributed by atoms with Crippen LogP contribution in [0.3, 0.4) is 0 Å². The number of nitrogens with zero attached hydrogens (tertiary/aromatic N) is 2. The zero-order valence-corrected chi connectivity index (χ0v) is 45.8. The minimum absolute atomic E-state index is 0.609. The molecule has 0 bridgehead atoms. The summed E-state index contributed by atoms with van der Waals surface area (Å²) < 4.78 is 0. The molecule has 0 fully saturated rings. The van der Waals surface area contributed by atoms with E-state index in [4.69, 9.17) is 0 Å². The fraction of sp³-hybridized carbons (Fsp3) is 0.0500. The van der Waals surface area contributed by atoms with E-state index in [1.54, 1.807) is 0 Å². The van der Waals surface area contributed by atoms with Crippen LogP contribution >= 0.6 is 0 Å². The first-order valence-corrected chi connectivity index (χ1v) is 28.6. The lowest BCUT2D eigenvalue weighted by Crippen LogP contribution is -2.38. The molecule has 0 amide bonds. The van der Waals surface area contributed by atoms with Crippen molar-refractivity contribution in [2.45, 2.75) is 10.8 Å². The molecule has 0 aromatic heterocycles. The number of anilines is 4. The minimum Gasteiger partial charge on any atom is -0.344 e. The van der Waals surface area contributed by atoms with Gasteiger partial charge in [-0.2, -0.15) is 0 Å². The average molecular weight is 1050 g/mol. The number of rotatable bonds is 7. The van der Waals surface area contributed by atoms with Gasteiger partial charge >= 0.3 is 0 Å². The summed E-state index contributed by atoms with van der Waals surface area (Å²) in [7, 11) is 4.54. The highest BCUT2D eigenvalue weighted by Gasteiger charge is 2.48. The van der Waals surface area contributed by atoms with E-state index in [0.717, 1.165) is 0 Å². The van der Waals surface area contributed by atoms with Gasteiger partial charge in [-0.25, -0.2) is 0 Å². The van der Waals surface area contributed by atoms with Crippen molar-refractivity contribution < 1.29 is 0 Å². The van der Waals surface area contributed by atoms with Crippen LogP contribution in [0.4, 0.5) is 22.7 Å². The second kappa shape index (κ2) is 18.7. The Labute approximate surface area is 479 Å². The van der Waals surface area contributed by atoms with E-state index in [0.29, 0.717) is 0 Å². The Morgan fingerprint density at radius 3 is 1.04 bits per heavy atom. The van der Waals surface area contributed by atoms with E-state index in [-0.39, 0.29) is 0 Å². The van der Waals surface area contributed by atoms with Crippen LogP contribution in [0.25, 0.3) is 76.5 Å². The summed E-state index contributed by atoms with van der Waals surface area (Å²) in [5, 5.41) is 9.79. The number of hydrogen-bond donors (Lipinski definition) is 0.